The normalized spacial score (nSPS) is 14.0. The fourth-order valence-corrected chi connectivity index (χ4v) is 1.84. The van der Waals surface area contributed by atoms with E-state index in [0.717, 1.165) is 11.3 Å². The lowest BCUT2D eigenvalue weighted by molar-refractivity contribution is 0.415. The van der Waals surface area contributed by atoms with Crippen LogP contribution >= 0.6 is 0 Å². The van der Waals surface area contributed by atoms with Crippen molar-refractivity contribution in [2.45, 2.75) is 6.42 Å². The van der Waals surface area contributed by atoms with E-state index in [1.54, 1.807) is 13.3 Å². The van der Waals surface area contributed by atoms with E-state index in [1.165, 1.54) is 11.0 Å². The van der Waals surface area contributed by atoms with Crippen molar-refractivity contribution in [1.82, 2.24) is 20.2 Å². The Morgan fingerprint density at radius 2 is 2.14 bits per heavy atom. The molecule has 0 saturated carbocycles. The summed E-state index contributed by atoms with van der Waals surface area (Å²) >= 11 is 0. The number of hydrazone groups is 1. The molecule has 3 N–H and O–H groups in total. The molecule has 0 unspecified atom stereocenters. The second-order valence-corrected chi connectivity index (χ2v) is 4.42. The number of fused-ring (bicyclic) bond motifs is 1. The summed E-state index contributed by atoms with van der Waals surface area (Å²) in [6.45, 7) is 0. The SMILES string of the molecule is COc1ccc(/C=N\NC2=NN=C(N)Cc3ncnn32)cc1. The Morgan fingerprint density at radius 1 is 1.32 bits per heavy atom. The van der Waals surface area contributed by atoms with Crippen LogP contribution < -0.4 is 15.9 Å². The molecule has 9 nitrogen and oxygen atoms in total. The maximum Gasteiger partial charge on any atom is 0.266 e. The number of rotatable bonds is 3. The Kier molecular flexibility index (Phi) is 3.77. The summed E-state index contributed by atoms with van der Waals surface area (Å²) in [7, 11) is 1.62. The Hall–Kier alpha value is -3.23. The minimum absolute atomic E-state index is 0.331. The molecule has 0 aliphatic carbocycles. The molecule has 1 aromatic carbocycles. The molecule has 0 fully saturated rings. The fourth-order valence-electron chi connectivity index (χ4n) is 1.84. The smallest absolute Gasteiger partial charge is 0.266 e. The van der Waals surface area contributed by atoms with Crippen LogP contribution in [0.25, 0.3) is 0 Å². The third-order valence-corrected chi connectivity index (χ3v) is 2.93. The zero-order valence-corrected chi connectivity index (χ0v) is 11.8. The molecule has 0 saturated heterocycles. The van der Waals surface area contributed by atoms with E-state index in [0.29, 0.717) is 24.0 Å². The van der Waals surface area contributed by atoms with E-state index in [9.17, 15) is 0 Å². The molecule has 2 aromatic rings. The second-order valence-electron chi connectivity index (χ2n) is 4.42. The molecule has 1 aliphatic rings. The highest BCUT2D eigenvalue weighted by atomic mass is 16.5. The first-order valence-electron chi connectivity index (χ1n) is 6.48. The van der Waals surface area contributed by atoms with Crippen molar-refractivity contribution in [1.29, 1.82) is 0 Å². The summed E-state index contributed by atoms with van der Waals surface area (Å²) in [4.78, 5) is 4.11. The van der Waals surface area contributed by atoms with Gasteiger partial charge in [0.25, 0.3) is 5.96 Å². The van der Waals surface area contributed by atoms with Gasteiger partial charge in [-0.1, -0.05) is 0 Å². The molecule has 2 heterocycles. The molecule has 9 heteroatoms. The van der Waals surface area contributed by atoms with Crippen molar-refractivity contribution in [3.05, 3.63) is 42.0 Å². The van der Waals surface area contributed by atoms with Crippen molar-refractivity contribution in [3.63, 3.8) is 0 Å². The van der Waals surface area contributed by atoms with Gasteiger partial charge in [-0.05, 0) is 29.8 Å². The topological polar surface area (TPSA) is 115 Å². The minimum Gasteiger partial charge on any atom is -0.497 e. The molecular formula is C13H14N8O. The van der Waals surface area contributed by atoms with Gasteiger partial charge in [0.15, 0.2) is 0 Å². The number of aromatic nitrogens is 3. The lowest BCUT2D eigenvalue weighted by Crippen LogP contribution is -2.28. The summed E-state index contributed by atoms with van der Waals surface area (Å²) in [5.74, 6) is 2.13. The lowest BCUT2D eigenvalue weighted by atomic mass is 10.2. The molecule has 0 radical (unpaired) electrons. The second kappa shape index (κ2) is 6.04. The maximum absolute atomic E-state index is 5.70. The van der Waals surface area contributed by atoms with Gasteiger partial charge in [0.2, 0.25) is 0 Å². The van der Waals surface area contributed by atoms with Crippen molar-refractivity contribution < 1.29 is 4.74 Å². The minimum atomic E-state index is 0.331. The standard InChI is InChI=1S/C13H14N8O/c1-22-10-4-2-9(3-5-10)7-16-19-13-20-18-11(14)6-12-15-8-17-21(12)13/h2-5,7-8H,6H2,1H3,(H2,14,18)(H,19,20)/b16-7-. The lowest BCUT2D eigenvalue weighted by Gasteiger charge is -2.04. The summed E-state index contributed by atoms with van der Waals surface area (Å²) in [5, 5.41) is 16.0. The molecule has 0 spiro atoms. The van der Waals surface area contributed by atoms with Gasteiger partial charge in [0.1, 0.15) is 23.7 Å². The number of methoxy groups -OCH3 is 1. The zero-order valence-electron chi connectivity index (χ0n) is 11.8. The van der Waals surface area contributed by atoms with E-state index in [-0.39, 0.29) is 0 Å². The summed E-state index contributed by atoms with van der Waals surface area (Å²) in [6.07, 6.45) is 3.46. The van der Waals surface area contributed by atoms with Gasteiger partial charge in [0, 0.05) is 0 Å². The molecule has 112 valence electrons. The zero-order chi connectivity index (χ0) is 15.4. The van der Waals surface area contributed by atoms with Crippen LogP contribution in [0.15, 0.2) is 45.9 Å². The highest BCUT2D eigenvalue weighted by molar-refractivity contribution is 5.89. The first kappa shape index (κ1) is 13.7. The molecular weight excluding hydrogens is 284 g/mol. The third kappa shape index (κ3) is 2.92. The maximum atomic E-state index is 5.70. The van der Waals surface area contributed by atoms with Gasteiger partial charge in [-0.3, -0.25) is 0 Å². The van der Waals surface area contributed by atoms with E-state index >= 15 is 0 Å². The highest BCUT2D eigenvalue weighted by Crippen LogP contribution is 2.09. The summed E-state index contributed by atoms with van der Waals surface area (Å²) < 4.78 is 6.61. The molecule has 3 rings (SSSR count). The molecule has 22 heavy (non-hydrogen) atoms. The van der Waals surface area contributed by atoms with Crippen LogP contribution in [-0.2, 0) is 6.42 Å². The monoisotopic (exact) mass is 298 g/mol. The molecule has 0 amide bonds. The van der Waals surface area contributed by atoms with Gasteiger partial charge in [-0.2, -0.15) is 14.9 Å². The molecule has 1 aromatic heterocycles. The van der Waals surface area contributed by atoms with Gasteiger partial charge in [-0.15, -0.1) is 10.2 Å². The summed E-state index contributed by atoms with van der Waals surface area (Å²) in [5.41, 5.74) is 9.40. The molecule has 1 aliphatic heterocycles. The number of hydrogen-bond acceptors (Lipinski definition) is 8. The predicted molar refractivity (Wildman–Crippen MR) is 81.9 cm³/mol. The average Bonchev–Trinajstić information content (AvgIpc) is 2.93. The van der Waals surface area contributed by atoms with Gasteiger partial charge in [0.05, 0.1) is 19.7 Å². The van der Waals surface area contributed by atoms with Crippen LogP contribution in [0.3, 0.4) is 0 Å². The van der Waals surface area contributed by atoms with Crippen LogP contribution in [0.1, 0.15) is 11.4 Å². The quantitative estimate of drug-likeness (QED) is 0.608. The van der Waals surface area contributed by atoms with Crippen LogP contribution in [0, 0.1) is 0 Å². The summed E-state index contributed by atoms with van der Waals surface area (Å²) in [6, 6.07) is 7.47. The van der Waals surface area contributed by atoms with Gasteiger partial charge in [-0.25, -0.2) is 10.4 Å². The number of benzene rings is 1. The molecule has 0 atom stereocenters. The number of amidine groups is 1. The molecule has 0 bridgehead atoms. The van der Waals surface area contributed by atoms with E-state index in [1.807, 2.05) is 24.3 Å². The fraction of sp³-hybridized carbons (Fsp3) is 0.154. The number of nitrogens with one attached hydrogen (secondary N) is 1. The number of hydrogen-bond donors (Lipinski definition) is 2. The highest BCUT2D eigenvalue weighted by Gasteiger charge is 2.14. The average molecular weight is 298 g/mol. The number of nitrogens with two attached hydrogens (primary N) is 1. The Balaban J connectivity index is 1.74. The van der Waals surface area contributed by atoms with Crippen molar-refractivity contribution in [2.24, 2.45) is 21.0 Å². The Labute approximate surface area is 126 Å². The Morgan fingerprint density at radius 3 is 2.91 bits per heavy atom. The number of nitrogens with zero attached hydrogens (tertiary/aromatic N) is 6. The number of ether oxygens (including phenoxy) is 1. The predicted octanol–water partition coefficient (Wildman–Crippen LogP) is -0.0572. The van der Waals surface area contributed by atoms with E-state index in [4.69, 9.17) is 10.5 Å². The van der Waals surface area contributed by atoms with Crippen LogP contribution in [0.2, 0.25) is 0 Å². The van der Waals surface area contributed by atoms with Crippen LogP contribution in [0.4, 0.5) is 0 Å². The first-order chi connectivity index (χ1) is 10.8. The Bertz CT molecular complexity index is 744. The van der Waals surface area contributed by atoms with Crippen LogP contribution in [0.5, 0.6) is 5.75 Å². The van der Waals surface area contributed by atoms with Crippen molar-refractivity contribution >= 4 is 18.0 Å². The van der Waals surface area contributed by atoms with E-state index < -0.39 is 0 Å². The van der Waals surface area contributed by atoms with Crippen LogP contribution in [-0.4, -0.2) is 39.9 Å². The van der Waals surface area contributed by atoms with Gasteiger partial charge >= 0.3 is 0 Å². The van der Waals surface area contributed by atoms with Gasteiger partial charge < -0.3 is 10.5 Å². The van der Waals surface area contributed by atoms with Crippen molar-refractivity contribution in [3.8, 4) is 5.75 Å². The van der Waals surface area contributed by atoms with E-state index in [2.05, 4.69) is 30.8 Å². The largest absolute Gasteiger partial charge is 0.497 e. The van der Waals surface area contributed by atoms with Crippen molar-refractivity contribution in [2.75, 3.05) is 7.11 Å². The third-order valence-electron chi connectivity index (χ3n) is 2.93. The first-order valence-corrected chi connectivity index (χ1v) is 6.48.